The third-order valence-electron chi connectivity index (χ3n) is 4.58. The lowest BCUT2D eigenvalue weighted by Gasteiger charge is -2.36. The van der Waals surface area contributed by atoms with Crippen LogP contribution in [0.2, 0.25) is 0 Å². The fourth-order valence-corrected chi connectivity index (χ4v) is 3.37. The van der Waals surface area contributed by atoms with Crippen molar-refractivity contribution in [3.63, 3.8) is 0 Å². The van der Waals surface area contributed by atoms with E-state index in [1.807, 2.05) is 43.1 Å². The van der Waals surface area contributed by atoms with Crippen molar-refractivity contribution in [2.75, 3.05) is 36.9 Å². The molecular formula is C20H29N5O3. The molecule has 2 heterocycles. The maximum atomic E-state index is 12.3. The van der Waals surface area contributed by atoms with Gasteiger partial charge in [0.2, 0.25) is 11.8 Å². The Bertz CT molecular complexity index is 766. The molecule has 152 valence electrons. The number of amides is 1. The Hall–Kier alpha value is -2.45. The van der Waals surface area contributed by atoms with Gasteiger partial charge in [-0.1, -0.05) is 12.1 Å². The number of rotatable bonds is 7. The molecule has 1 aliphatic heterocycles. The Kier molecular flexibility index (Phi) is 6.64. The van der Waals surface area contributed by atoms with Crippen LogP contribution in [0, 0.1) is 0 Å². The van der Waals surface area contributed by atoms with Gasteiger partial charge in [-0.15, -0.1) is 0 Å². The molecular weight excluding hydrogens is 358 g/mol. The monoisotopic (exact) mass is 387 g/mol. The van der Waals surface area contributed by atoms with Crippen LogP contribution in [-0.2, 0) is 22.5 Å². The van der Waals surface area contributed by atoms with E-state index < -0.39 is 0 Å². The molecule has 2 aromatic rings. The van der Waals surface area contributed by atoms with Gasteiger partial charge < -0.3 is 19.5 Å². The van der Waals surface area contributed by atoms with Crippen molar-refractivity contribution in [3.8, 4) is 0 Å². The molecule has 1 saturated heterocycles. The van der Waals surface area contributed by atoms with Crippen LogP contribution in [0.3, 0.4) is 0 Å². The molecule has 1 fully saturated rings. The third kappa shape index (κ3) is 5.53. The van der Waals surface area contributed by atoms with Crippen molar-refractivity contribution in [3.05, 3.63) is 36.0 Å². The predicted octanol–water partition coefficient (Wildman–Crippen LogP) is 2.32. The number of carbonyl (C=O) groups is 1. The summed E-state index contributed by atoms with van der Waals surface area (Å²) in [4.78, 5) is 20.7. The third-order valence-corrected chi connectivity index (χ3v) is 4.58. The minimum Gasteiger partial charge on any atom is -0.372 e. The van der Waals surface area contributed by atoms with Crippen molar-refractivity contribution in [1.29, 1.82) is 0 Å². The predicted molar refractivity (Wildman–Crippen MR) is 107 cm³/mol. The molecule has 3 rings (SSSR count). The Morgan fingerprint density at radius 1 is 1.25 bits per heavy atom. The summed E-state index contributed by atoms with van der Waals surface area (Å²) in [5, 5.41) is 6.80. The molecule has 0 spiro atoms. The number of hydrogen-bond donors (Lipinski definition) is 1. The molecule has 8 nitrogen and oxygen atoms in total. The van der Waals surface area contributed by atoms with Crippen LogP contribution in [0.25, 0.3) is 0 Å². The molecule has 0 bridgehead atoms. The maximum Gasteiger partial charge on any atom is 0.240 e. The number of aryl methyl sites for hydroxylation is 1. The normalized spacial score (nSPS) is 19.8. The van der Waals surface area contributed by atoms with Crippen LogP contribution in [-0.4, -0.2) is 59.8 Å². The minimum absolute atomic E-state index is 0.0842. The van der Waals surface area contributed by atoms with E-state index >= 15 is 0 Å². The van der Waals surface area contributed by atoms with E-state index in [4.69, 9.17) is 9.26 Å². The van der Waals surface area contributed by atoms with Gasteiger partial charge in [0.25, 0.3) is 0 Å². The van der Waals surface area contributed by atoms with E-state index in [9.17, 15) is 4.79 Å². The number of ether oxygens (including phenoxy) is 1. The molecule has 1 N–H and O–H groups in total. The first-order valence-corrected chi connectivity index (χ1v) is 9.73. The number of nitrogens with zero attached hydrogens (tertiary/aromatic N) is 4. The second-order valence-corrected chi connectivity index (χ2v) is 7.39. The summed E-state index contributed by atoms with van der Waals surface area (Å²) in [6.45, 7) is 8.57. The quantitative estimate of drug-likeness (QED) is 0.780. The first kappa shape index (κ1) is 20.3. The summed E-state index contributed by atoms with van der Waals surface area (Å²) in [5.74, 6) is 1.11. The highest BCUT2D eigenvalue weighted by atomic mass is 16.5. The summed E-state index contributed by atoms with van der Waals surface area (Å²) >= 11 is 0. The van der Waals surface area contributed by atoms with Gasteiger partial charge in [-0.2, -0.15) is 4.98 Å². The zero-order chi connectivity index (χ0) is 20.1. The van der Waals surface area contributed by atoms with Gasteiger partial charge in [0, 0.05) is 30.9 Å². The average Bonchev–Trinajstić information content (AvgIpc) is 3.08. The van der Waals surface area contributed by atoms with Crippen molar-refractivity contribution >= 4 is 17.3 Å². The van der Waals surface area contributed by atoms with Crippen molar-refractivity contribution in [1.82, 2.24) is 15.0 Å². The Morgan fingerprint density at radius 2 is 1.93 bits per heavy atom. The van der Waals surface area contributed by atoms with E-state index in [1.54, 1.807) is 0 Å². The topological polar surface area (TPSA) is 83.7 Å². The standard InChI is InChI=1S/C20H29N5O3/c1-5-18-22-20(28-23-18)13-24(4)12-19(26)21-16-6-8-17(9-7-16)25-10-14(2)27-15(3)11-25/h6-9,14-15H,5,10-13H2,1-4H3,(H,21,26). The average molecular weight is 387 g/mol. The second-order valence-electron chi connectivity index (χ2n) is 7.39. The van der Waals surface area contributed by atoms with Crippen molar-refractivity contribution in [2.45, 2.75) is 45.9 Å². The van der Waals surface area contributed by atoms with Gasteiger partial charge >= 0.3 is 0 Å². The maximum absolute atomic E-state index is 12.3. The molecule has 0 radical (unpaired) electrons. The highest BCUT2D eigenvalue weighted by Gasteiger charge is 2.22. The number of likely N-dealkylation sites (N-methyl/N-ethyl adjacent to an activating group) is 1. The summed E-state index contributed by atoms with van der Waals surface area (Å²) in [5.41, 5.74) is 1.92. The zero-order valence-corrected chi connectivity index (χ0v) is 17.0. The molecule has 1 aromatic heterocycles. The molecule has 1 aliphatic rings. The first-order valence-electron chi connectivity index (χ1n) is 9.73. The molecule has 8 heteroatoms. The van der Waals surface area contributed by atoms with E-state index in [-0.39, 0.29) is 24.7 Å². The minimum atomic E-state index is -0.0842. The Balaban J connectivity index is 1.49. The molecule has 1 amide bonds. The van der Waals surface area contributed by atoms with Crippen LogP contribution >= 0.6 is 0 Å². The lowest BCUT2D eigenvalue weighted by molar-refractivity contribution is -0.117. The molecule has 1 aromatic carbocycles. The number of aromatic nitrogens is 2. The van der Waals surface area contributed by atoms with Crippen LogP contribution in [0.5, 0.6) is 0 Å². The van der Waals surface area contributed by atoms with E-state index in [2.05, 4.69) is 34.2 Å². The fraction of sp³-hybridized carbons (Fsp3) is 0.550. The van der Waals surface area contributed by atoms with Crippen LogP contribution in [0.1, 0.15) is 32.5 Å². The van der Waals surface area contributed by atoms with Crippen LogP contribution in [0.15, 0.2) is 28.8 Å². The van der Waals surface area contributed by atoms with Gasteiger partial charge in [-0.25, -0.2) is 0 Å². The number of morpholine rings is 1. The van der Waals surface area contributed by atoms with Gasteiger partial charge in [0.05, 0.1) is 25.3 Å². The highest BCUT2D eigenvalue weighted by Crippen LogP contribution is 2.22. The SMILES string of the molecule is CCc1noc(CN(C)CC(=O)Nc2ccc(N3CC(C)OC(C)C3)cc2)n1. The second kappa shape index (κ2) is 9.16. The van der Waals surface area contributed by atoms with Gasteiger partial charge in [-0.3, -0.25) is 9.69 Å². The first-order chi connectivity index (χ1) is 13.4. The largest absolute Gasteiger partial charge is 0.372 e. The molecule has 0 aliphatic carbocycles. The van der Waals surface area contributed by atoms with Gasteiger partial charge in [-0.05, 0) is 45.2 Å². The van der Waals surface area contributed by atoms with Crippen LogP contribution < -0.4 is 10.2 Å². The van der Waals surface area contributed by atoms with E-state index in [0.717, 1.165) is 30.9 Å². The number of nitrogens with one attached hydrogen (secondary N) is 1. The van der Waals surface area contributed by atoms with E-state index in [1.165, 1.54) is 0 Å². The molecule has 2 unspecified atom stereocenters. The summed E-state index contributed by atoms with van der Waals surface area (Å²) < 4.78 is 10.9. The number of anilines is 2. The van der Waals surface area contributed by atoms with Gasteiger partial charge in [0.15, 0.2) is 5.82 Å². The number of carbonyl (C=O) groups excluding carboxylic acids is 1. The van der Waals surface area contributed by atoms with E-state index in [0.29, 0.717) is 18.3 Å². The smallest absolute Gasteiger partial charge is 0.240 e. The van der Waals surface area contributed by atoms with Crippen molar-refractivity contribution < 1.29 is 14.1 Å². The van der Waals surface area contributed by atoms with Crippen molar-refractivity contribution in [2.24, 2.45) is 0 Å². The summed E-state index contributed by atoms with van der Waals surface area (Å²) in [6, 6.07) is 7.94. The fourth-order valence-electron chi connectivity index (χ4n) is 3.37. The molecule has 0 saturated carbocycles. The Labute approximate surface area is 165 Å². The zero-order valence-electron chi connectivity index (χ0n) is 17.0. The summed E-state index contributed by atoms with van der Waals surface area (Å²) in [7, 11) is 1.85. The lowest BCUT2D eigenvalue weighted by atomic mass is 10.2. The Morgan fingerprint density at radius 3 is 2.54 bits per heavy atom. The van der Waals surface area contributed by atoms with Crippen LogP contribution in [0.4, 0.5) is 11.4 Å². The number of benzene rings is 1. The van der Waals surface area contributed by atoms with Gasteiger partial charge in [0.1, 0.15) is 0 Å². The summed E-state index contributed by atoms with van der Waals surface area (Å²) in [6.07, 6.45) is 1.16. The lowest BCUT2D eigenvalue weighted by Crippen LogP contribution is -2.45. The number of hydrogen-bond acceptors (Lipinski definition) is 7. The molecule has 28 heavy (non-hydrogen) atoms. The highest BCUT2D eigenvalue weighted by molar-refractivity contribution is 5.92. The molecule has 2 atom stereocenters.